The van der Waals surface area contributed by atoms with Gasteiger partial charge in [-0.3, -0.25) is 9.88 Å². The van der Waals surface area contributed by atoms with Crippen molar-refractivity contribution in [2.45, 2.75) is 19.5 Å². The molecule has 0 saturated carbocycles. The van der Waals surface area contributed by atoms with E-state index in [4.69, 9.17) is 9.47 Å². The van der Waals surface area contributed by atoms with Gasteiger partial charge in [-0.15, -0.1) is 0 Å². The molecule has 0 fully saturated rings. The molecule has 1 aliphatic rings. The predicted molar refractivity (Wildman–Crippen MR) is 99.1 cm³/mol. The molecule has 0 saturated heterocycles. The topological polar surface area (TPSA) is 34.6 Å². The zero-order chi connectivity index (χ0) is 18.1. The maximum absolute atomic E-state index is 14.5. The molecule has 4 nitrogen and oxygen atoms in total. The van der Waals surface area contributed by atoms with E-state index in [1.807, 2.05) is 24.3 Å². The number of hydrogen-bond acceptors (Lipinski definition) is 4. The van der Waals surface area contributed by atoms with Gasteiger partial charge in [0.1, 0.15) is 5.82 Å². The highest BCUT2D eigenvalue weighted by Crippen LogP contribution is 2.34. The molecule has 0 radical (unpaired) electrons. The molecule has 0 atom stereocenters. The molecule has 5 heteroatoms. The lowest BCUT2D eigenvalue weighted by Gasteiger charge is -2.29. The molecular formula is C21H21FN2O2. The SMILES string of the molecule is COc1cc2c(cc1OC)CN(Cc1c(F)ccc3cccnc13)CC2. The first-order valence-corrected chi connectivity index (χ1v) is 8.68. The van der Waals surface area contributed by atoms with Crippen LogP contribution in [0.2, 0.25) is 0 Å². The first-order valence-electron chi connectivity index (χ1n) is 8.68. The number of nitrogens with zero attached hydrogens (tertiary/aromatic N) is 2. The Morgan fingerprint density at radius 3 is 2.62 bits per heavy atom. The Hall–Kier alpha value is -2.66. The van der Waals surface area contributed by atoms with Gasteiger partial charge in [0.2, 0.25) is 0 Å². The maximum Gasteiger partial charge on any atom is 0.161 e. The van der Waals surface area contributed by atoms with E-state index in [9.17, 15) is 4.39 Å². The van der Waals surface area contributed by atoms with Crippen molar-refractivity contribution in [1.29, 1.82) is 0 Å². The Morgan fingerprint density at radius 1 is 1.08 bits per heavy atom. The molecule has 2 aromatic carbocycles. The van der Waals surface area contributed by atoms with Gasteiger partial charge in [-0.2, -0.15) is 0 Å². The van der Waals surface area contributed by atoms with E-state index in [-0.39, 0.29) is 5.82 Å². The number of methoxy groups -OCH3 is 2. The average molecular weight is 352 g/mol. The summed E-state index contributed by atoms with van der Waals surface area (Å²) in [6, 6.07) is 11.2. The second-order valence-electron chi connectivity index (χ2n) is 6.54. The number of hydrogen-bond donors (Lipinski definition) is 0. The smallest absolute Gasteiger partial charge is 0.161 e. The monoisotopic (exact) mass is 352 g/mol. The van der Waals surface area contributed by atoms with Crippen LogP contribution in [0.15, 0.2) is 42.6 Å². The molecule has 1 aromatic heterocycles. The largest absolute Gasteiger partial charge is 0.493 e. The third kappa shape index (κ3) is 2.99. The van der Waals surface area contributed by atoms with E-state index < -0.39 is 0 Å². The summed E-state index contributed by atoms with van der Waals surface area (Å²) >= 11 is 0. The molecule has 26 heavy (non-hydrogen) atoms. The lowest BCUT2D eigenvalue weighted by Crippen LogP contribution is -2.30. The zero-order valence-electron chi connectivity index (χ0n) is 15.0. The summed E-state index contributed by atoms with van der Waals surface area (Å²) in [6.45, 7) is 2.15. The van der Waals surface area contributed by atoms with Crippen molar-refractivity contribution in [2.75, 3.05) is 20.8 Å². The number of rotatable bonds is 4. The lowest BCUT2D eigenvalue weighted by molar-refractivity contribution is 0.241. The van der Waals surface area contributed by atoms with Crippen LogP contribution >= 0.6 is 0 Å². The van der Waals surface area contributed by atoms with Crippen LogP contribution in [-0.2, 0) is 19.5 Å². The van der Waals surface area contributed by atoms with Crippen molar-refractivity contribution < 1.29 is 13.9 Å². The van der Waals surface area contributed by atoms with Crippen molar-refractivity contribution in [2.24, 2.45) is 0 Å². The summed E-state index contributed by atoms with van der Waals surface area (Å²) in [5.41, 5.74) is 3.86. The van der Waals surface area contributed by atoms with Crippen LogP contribution in [0, 0.1) is 5.82 Å². The molecule has 0 amide bonds. The number of aromatic nitrogens is 1. The van der Waals surface area contributed by atoms with Crippen LogP contribution in [0.5, 0.6) is 11.5 Å². The van der Waals surface area contributed by atoms with Gasteiger partial charge < -0.3 is 9.47 Å². The molecule has 3 aromatic rings. The lowest BCUT2D eigenvalue weighted by atomic mass is 9.98. The van der Waals surface area contributed by atoms with Gasteiger partial charge in [0.05, 0.1) is 19.7 Å². The Bertz CT molecular complexity index is 958. The fraction of sp³-hybridized carbons (Fsp3) is 0.286. The molecule has 134 valence electrons. The van der Waals surface area contributed by atoms with E-state index in [1.54, 1.807) is 26.5 Å². The van der Waals surface area contributed by atoms with Gasteiger partial charge in [-0.1, -0.05) is 6.07 Å². The number of pyridine rings is 1. The van der Waals surface area contributed by atoms with Crippen LogP contribution in [-0.4, -0.2) is 30.6 Å². The highest BCUT2D eigenvalue weighted by atomic mass is 19.1. The van der Waals surface area contributed by atoms with Crippen LogP contribution in [0.25, 0.3) is 10.9 Å². The highest BCUT2D eigenvalue weighted by molar-refractivity contribution is 5.81. The minimum atomic E-state index is -0.200. The van der Waals surface area contributed by atoms with Gasteiger partial charge in [-0.05, 0) is 47.9 Å². The van der Waals surface area contributed by atoms with Crippen molar-refractivity contribution in [3.8, 4) is 11.5 Å². The molecule has 0 N–H and O–H groups in total. The minimum Gasteiger partial charge on any atom is -0.493 e. The molecular weight excluding hydrogens is 331 g/mol. The summed E-state index contributed by atoms with van der Waals surface area (Å²) in [6.07, 6.45) is 2.61. The average Bonchev–Trinajstić information content (AvgIpc) is 2.69. The highest BCUT2D eigenvalue weighted by Gasteiger charge is 2.21. The Labute approximate surface area is 152 Å². The van der Waals surface area contributed by atoms with Crippen LogP contribution in [0.3, 0.4) is 0 Å². The Kier molecular flexibility index (Phi) is 4.47. The molecule has 4 rings (SSSR count). The Balaban J connectivity index is 1.63. The van der Waals surface area contributed by atoms with Crippen molar-refractivity contribution >= 4 is 10.9 Å². The van der Waals surface area contributed by atoms with Crippen molar-refractivity contribution in [3.63, 3.8) is 0 Å². The molecule has 1 aliphatic heterocycles. The summed E-state index contributed by atoms with van der Waals surface area (Å²) in [4.78, 5) is 6.65. The first-order chi connectivity index (χ1) is 12.7. The fourth-order valence-electron chi connectivity index (χ4n) is 3.63. The van der Waals surface area contributed by atoms with Gasteiger partial charge in [0, 0.05) is 36.8 Å². The summed E-state index contributed by atoms with van der Waals surface area (Å²) in [5, 5.41) is 0.965. The third-order valence-electron chi connectivity index (χ3n) is 5.00. The zero-order valence-corrected chi connectivity index (χ0v) is 15.0. The summed E-state index contributed by atoms with van der Waals surface area (Å²) < 4.78 is 25.3. The number of halogens is 1. The van der Waals surface area contributed by atoms with E-state index in [1.165, 1.54) is 17.2 Å². The number of ether oxygens (including phenoxy) is 2. The van der Waals surface area contributed by atoms with Gasteiger partial charge in [0.25, 0.3) is 0 Å². The summed E-state index contributed by atoms with van der Waals surface area (Å²) in [7, 11) is 3.29. The fourth-order valence-corrected chi connectivity index (χ4v) is 3.63. The van der Waals surface area contributed by atoms with E-state index in [2.05, 4.69) is 9.88 Å². The van der Waals surface area contributed by atoms with E-state index >= 15 is 0 Å². The quantitative estimate of drug-likeness (QED) is 0.712. The van der Waals surface area contributed by atoms with Gasteiger partial charge >= 0.3 is 0 Å². The second kappa shape index (κ2) is 6.92. The Morgan fingerprint density at radius 2 is 1.85 bits per heavy atom. The normalized spacial score (nSPS) is 14.3. The number of benzene rings is 2. The number of fused-ring (bicyclic) bond motifs is 2. The van der Waals surface area contributed by atoms with E-state index in [0.717, 1.165) is 41.9 Å². The first kappa shape index (κ1) is 16.8. The van der Waals surface area contributed by atoms with Gasteiger partial charge in [0.15, 0.2) is 11.5 Å². The standard InChI is InChI=1S/C21H21FN2O2/c1-25-19-10-15-7-9-24(12-16(15)11-20(19)26-2)13-17-18(22)6-5-14-4-3-8-23-21(14)17/h3-6,8,10-11H,7,9,12-13H2,1-2H3. The van der Waals surface area contributed by atoms with Crippen LogP contribution in [0.1, 0.15) is 16.7 Å². The molecule has 0 aliphatic carbocycles. The van der Waals surface area contributed by atoms with Gasteiger partial charge in [-0.25, -0.2) is 4.39 Å². The second-order valence-corrected chi connectivity index (χ2v) is 6.54. The predicted octanol–water partition coefficient (Wildman–Crippen LogP) is 3.95. The molecule has 0 unspecified atom stereocenters. The molecule has 0 spiro atoms. The van der Waals surface area contributed by atoms with E-state index in [0.29, 0.717) is 12.1 Å². The third-order valence-corrected chi connectivity index (χ3v) is 5.00. The van der Waals surface area contributed by atoms with Crippen molar-refractivity contribution in [3.05, 3.63) is 65.1 Å². The molecule has 2 heterocycles. The van der Waals surface area contributed by atoms with Crippen molar-refractivity contribution in [1.82, 2.24) is 9.88 Å². The maximum atomic E-state index is 14.5. The van der Waals surface area contributed by atoms with Crippen LogP contribution < -0.4 is 9.47 Å². The summed E-state index contributed by atoms with van der Waals surface area (Å²) in [5.74, 6) is 1.28. The molecule has 0 bridgehead atoms. The minimum absolute atomic E-state index is 0.200. The van der Waals surface area contributed by atoms with Crippen LogP contribution in [0.4, 0.5) is 4.39 Å².